The molecule has 0 saturated carbocycles. The fourth-order valence-corrected chi connectivity index (χ4v) is 2.33. The standard InChI is InChI=1S/C17H15N3OS/c1-11-6-5-7-12-10-14(16(18)22)17(21-15(11)12)20-19-13-8-3-2-4-9-13/h2-10,19H,1H3,(H2,18,22)/b20-17-. The number of thiocarbonyl (C=S) groups is 1. The van der Waals surface area contributed by atoms with Gasteiger partial charge in [-0.3, -0.25) is 5.43 Å². The van der Waals surface area contributed by atoms with Gasteiger partial charge in [0, 0.05) is 5.39 Å². The number of benzene rings is 2. The molecule has 4 nitrogen and oxygen atoms in total. The number of anilines is 1. The van der Waals surface area contributed by atoms with Crippen molar-refractivity contribution in [1.82, 2.24) is 0 Å². The minimum atomic E-state index is 0.251. The Morgan fingerprint density at radius 1 is 1.14 bits per heavy atom. The molecule has 0 aliphatic heterocycles. The molecule has 1 aromatic heterocycles. The molecule has 3 N–H and O–H groups in total. The number of aryl methyl sites for hydroxylation is 1. The van der Waals surface area contributed by atoms with E-state index >= 15 is 0 Å². The quantitative estimate of drug-likeness (QED) is 0.575. The Hall–Kier alpha value is -2.66. The van der Waals surface area contributed by atoms with Crippen LogP contribution >= 0.6 is 12.2 Å². The smallest absolute Gasteiger partial charge is 0.246 e. The third-order valence-electron chi connectivity index (χ3n) is 3.30. The Labute approximate surface area is 133 Å². The van der Waals surface area contributed by atoms with E-state index < -0.39 is 0 Å². The SMILES string of the molecule is Cc1cccc2cc(C(N)=S)/c(=N/Nc3ccccc3)oc12. The Bertz CT molecular complexity index is 901. The number of hydrogen-bond acceptors (Lipinski definition) is 4. The zero-order valence-corrected chi connectivity index (χ0v) is 12.9. The summed E-state index contributed by atoms with van der Waals surface area (Å²) < 4.78 is 5.91. The Morgan fingerprint density at radius 3 is 2.64 bits per heavy atom. The number of nitrogens with two attached hydrogens (primary N) is 1. The second-order valence-electron chi connectivity index (χ2n) is 4.91. The second-order valence-corrected chi connectivity index (χ2v) is 5.35. The minimum absolute atomic E-state index is 0.251. The highest BCUT2D eigenvalue weighted by Crippen LogP contribution is 2.17. The molecule has 0 aliphatic carbocycles. The molecule has 0 spiro atoms. The van der Waals surface area contributed by atoms with Crippen molar-refractivity contribution < 1.29 is 4.42 Å². The van der Waals surface area contributed by atoms with Crippen LogP contribution in [0.1, 0.15) is 11.1 Å². The van der Waals surface area contributed by atoms with E-state index in [-0.39, 0.29) is 4.99 Å². The van der Waals surface area contributed by atoms with Crippen LogP contribution < -0.4 is 16.7 Å². The van der Waals surface area contributed by atoms with E-state index in [4.69, 9.17) is 22.4 Å². The monoisotopic (exact) mass is 309 g/mol. The number of rotatable bonds is 3. The summed E-state index contributed by atoms with van der Waals surface area (Å²) in [6.07, 6.45) is 0. The number of hydrogen-bond donors (Lipinski definition) is 2. The maximum Gasteiger partial charge on any atom is 0.246 e. The van der Waals surface area contributed by atoms with E-state index in [0.29, 0.717) is 11.1 Å². The van der Waals surface area contributed by atoms with Crippen LogP contribution in [0.5, 0.6) is 0 Å². The normalized spacial score (nSPS) is 11.6. The molecule has 0 radical (unpaired) electrons. The highest BCUT2D eigenvalue weighted by molar-refractivity contribution is 7.80. The van der Waals surface area contributed by atoms with Gasteiger partial charge in [0.25, 0.3) is 0 Å². The summed E-state index contributed by atoms with van der Waals surface area (Å²) in [5, 5.41) is 5.25. The Morgan fingerprint density at radius 2 is 1.91 bits per heavy atom. The van der Waals surface area contributed by atoms with Gasteiger partial charge in [0.2, 0.25) is 5.55 Å². The van der Waals surface area contributed by atoms with Crippen LogP contribution in [-0.2, 0) is 0 Å². The van der Waals surface area contributed by atoms with Gasteiger partial charge in [0.05, 0.1) is 11.3 Å². The topological polar surface area (TPSA) is 63.5 Å². The van der Waals surface area contributed by atoms with Crippen LogP contribution in [0.25, 0.3) is 11.0 Å². The average Bonchev–Trinajstić information content (AvgIpc) is 2.53. The molecule has 0 amide bonds. The summed E-state index contributed by atoms with van der Waals surface area (Å²) in [7, 11) is 0. The summed E-state index contributed by atoms with van der Waals surface area (Å²) in [5.41, 5.74) is 12.4. The van der Waals surface area contributed by atoms with Crippen LogP contribution in [0.2, 0.25) is 0 Å². The van der Waals surface area contributed by atoms with Crippen LogP contribution in [0, 0.1) is 6.92 Å². The molecule has 5 heteroatoms. The zero-order chi connectivity index (χ0) is 15.5. The van der Waals surface area contributed by atoms with Crippen molar-refractivity contribution in [3.63, 3.8) is 0 Å². The summed E-state index contributed by atoms with van der Waals surface area (Å²) >= 11 is 5.11. The lowest BCUT2D eigenvalue weighted by Crippen LogP contribution is -2.22. The Kier molecular flexibility index (Phi) is 3.89. The van der Waals surface area contributed by atoms with E-state index in [0.717, 1.165) is 22.2 Å². The summed E-state index contributed by atoms with van der Waals surface area (Å²) in [6, 6.07) is 17.4. The van der Waals surface area contributed by atoms with Gasteiger partial charge < -0.3 is 10.2 Å². The van der Waals surface area contributed by atoms with Crippen LogP contribution in [-0.4, -0.2) is 4.99 Å². The van der Waals surface area contributed by atoms with Gasteiger partial charge in [0.1, 0.15) is 10.6 Å². The molecule has 0 aliphatic rings. The number of nitrogens with zero attached hydrogens (tertiary/aromatic N) is 1. The van der Waals surface area contributed by atoms with Gasteiger partial charge in [-0.25, -0.2) is 0 Å². The molecule has 3 rings (SSSR count). The second kappa shape index (κ2) is 5.99. The number of para-hydroxylation sites is 2. The lowest BCUT2D eigenvalue weighted by molar-refractivity contribution is 0.537. The van der Waals surface area contributed by atoms with Crippen molar-refractivity contribution in [1.29, 1.82) is 0 Å². The molecular formula is C17H15N3OS. The molecule has 3 aromatic rings. The van der Waals surface area contributed by atoms with E-state index in [1.165, 1.54) is 0 Å². The van der Waals surface area contributed by atoms with E-state index in [1.807, 2.05) is 61.5 Å². The molecule has 0 fully saturated rings. The summed E-state index contributed by atoms with van der Waals surface area (Å²) in [5.74, 6) is 0. The van der Waals surface area contributed by atoms with Gasteiger partial charge in [-0.1, -0.05) is 48.6 Å². The van der Waals surface area contributed by atoms with Gasteiger partial charge in [-0.05, 0) is 30.7 Å². The first kappa shape index (κ1) is 14.3. The van der Waals surface area contributed by atoms with Crippen molar-refractivity contribution in [3.05, 3.63) is 71.3 Å². The fraction of sp³-hybridized carbons (Fsp3) is 0.0588. The first-order valence-corrected chi connectivity index (χ1v) is 7.24. The molecule has 1 heterocycles. The van der Waals surface area contributed by atoms with Crippen molar-refractivity contribution in [2.75, 3.05) is 5.43 Å². The van der Waals surface area contributed by atoms with Crippen LogP contribution in [0.3, 0.4) is 0 Å². The van der Waals surface area contributed by atoms with Gasteiger partial charge in [-0.15, -0.1) is 5.10 Å². The molecule has 110 valence electrons. The fourth-order valence-electron chi connectivity index (χ4n) is 2.18. The van der Waals surface area contributed by atoms with E-state index in [2.05, 4.69) is 10.5 Å². The lowest BCUT2D eigenvalue weighted by atomic mass is 10.1. The van der Waals surface area contributed by atoms with Crippen LogP contribution in [0.4, 0.5) is 5.69 Å². The Balaban J connectivity index is 2.16. The third kappa shape index (κ3) is 2.84. The number of fused-ring (bicyclic) bond motifs is 1. The minimum Gasteiger partial charge on any atom is -0.436 e. The van der Waals surface area contributed by atoms with Gasteiger partial charge in [0.15, 0.2) is 0 Å². The predicted octanol–water partition coefficient (Wildman–Crippen LogP) is 3.30. The summed E-state index contributed by atoms with van der Waals surface area (Å²) in [4.78, 5) is 0.251. The predicted molar refractivity (Wildman–Crippen MR) is 92.5 cm³/mol. The van der Waals surface area contributed by atoms with Crippen molar-refractivity contribution in [2.45, 2.75) is 6.92 Å². The molecule has 22 heavy (non-hydrogen) atoms. The summed E-state index contributed by atoms with van der Waals surface area (Å²) in [6.45, 7) is 1.99. The van der Waals surface area contributed by atoms with E-state index in [1.54, 1.807) is 0 Å². The first-order chi connectivity index (χ1) is 10.6. The number of nitrogens with one attached hydrogen (secondary N) is 1. The zero-order valence-electron chi connectivity index (χ0n) is 12.0. The average molecular weight is 309 g/mol. The van der Waals surface area contributed by atoms with Gasteiger partial charge >= 0.3 is 0 Å². The van der Waals surface area contributed by atoms with E-state index in [9.17, 15) is 0 Å². The highest BCUT2D eigenvalue weighted by atomic mass is 32.1. The third-order valence-corrected chi connectivity index (χ3v) is 3.52. The molecule has 2 aromatic carbocycles. The van der Waals surface area contributed by atoms with Crippen molar-refractivity contribution in [2.24, 2.45) is 10.8 Å². The highest BCUT2D eigenvalue weighted by Gasteiger charge is 2.08. The molecule has 0 atom stereocenters. The molecule has 0 bridgehead atoms. The van der Waals surface area contributed by atoms with Crippen LogP contribution in [0.15, 0.2) is 64.1 Å². The first-order valence-electron chi connectivity index (χ1n) is 6.83. The molecule has 0 saturated heterocycles. The lowest BCUT2D eigenvalue weighted by Gasteiger charge is -2.05. The maximum absolute atomic E-state index is 5.91. The van der Waals surface area contributed by atoms with Gasteiger partial charge in [-0.2, -0.15) is 0 Å². The largest absolute Gasteiger partial charge is 0.436 e. The maximum atomic E-state index is 5.91. The molecule has 0 unspecified atom stereocenters. The molecular weight excluding hydrogens is 294 g/mol. The van der Waals surface area contributed by atoms with Crippen molar-refractivity contribution >= 4 is 33.9 Å². The van der Waals surface area contributed by atoms with Crippen molar-refractivity contribution in [3.8, 4) is 0 Å².